The van der Waals surface area contributed by atoms with Crippen LogP contribution in [0.15, 0.2) is 138 Å². The van der Waals surface area contributed by atoms with Crippen molar-refractivity contribution in [2.24, 2.45) is 25.6 Å². The van der Waals surface area contributed by atoms with Gasteiger partial charge in [-0.05, 0) is 83.4 Å². The fourth-order valence-corrected chi connectivity index (χ4v) is 6.39. The second-order valence-corrected chi connectivity index (χ2v) is 13.9. The lowest BCUT2D eigenvalue weighted by molar-refractivity contribution is 0.106. The van der Waals surface area contributed by atoms with Gasteiger partial charge >= 0.3 is 0 Å². The second-order valence-electron chi connectivity index (χ2n) is 11.1. The Morgan fingerprint density at radius 2 is 1.25 bits per heavy atom. The maximum atomic E-state index is 13.7. The largest absolute Gasteiger partial charge is 0.399 e. The molecule has 1 aliphatic carbocycles. The average Bonchev–Trinajstić information content (AvgIpc) is 3.10. The summed E-state index contributed by atoms with van der Waals surface area (Å²) in [4.78, 5) is 11.9. The lowest BCUT2D eigenvalue weighted by atomic mass is 9.92. The van der Waals surface area contributed by atoms with Gasteiger partial charge in [-0.3, -0.25) is 19.3 Å². The van der Waals surface area contributed by atoms with Gasteiger partial charge in [0, 0.05) is 5.69 Å². The third-order valence-corrected chi connectivity index (χ3v) is 9.31. The van der Waals surface area contributed by atoms with E-state index in [-0.39, 0.29) is 16.8 Å². The number of hydrogen-bond donors (Lipinski definition) is 6. The van der Waals surface area contributed by atoms with Crippen molar-refractivity contribution in [3.63, 3.8) is 0 Å². The van der Waals surface area contributed by atoms with Crippen molar-refractivity contribution in [2.45, 2.75) is 4.90 Å². The molecule has 0 amide bonds. The molecule has 262 valence electrons. The summed E-state index contributed by atoms with van der Waals surface area (Å²) in [6, 6.07) is 27.8. The first-order valence-corrected chi connectivity index (χ1v) is 17.8. The lowest BCUT2D eigenvalue weighted by Crippen LogP contribution is -2.28. The Hall–Kier alpha value is -6.60. The van der Waals surface area contributed by atoms with E-state index in [1.807, 2.05) is 12.1 Å². The number of nitrogens with zero attached hydrogens (tertiary/aromatic N) is 5. The number of rotatable bonds is 9. The van der Waals surface area contributed by atoms with Gasteiger partial charge in [0.2, 0.25) is 5.78 Å². The van der Waals surface area contributed by atoms with Gasteiger partial charge in [-0.25, -0.2) is 0 Å². The summed E-state index contributed by atoms with van der Waals surface area (Å²) >= 11 is 0. The molecule has 0 aliphatic heterocycles. The van der Waals surface area contributed by atoms with Crippen molar-refractivity contribution in [3.05, 3.63) is 119 Å². The van der Waals surface area contributed by atoms with Crippen LogP contribution in [-0.2, 0) is 20.2 Å². The molecular weight excluding hydrogens is 711 g/mol. The van der Waals surface area contributed by atoms with Gasteiger partial charge in [-0.2, -0.15) is 32.2 Å². The maximum absolute atomic E-state index is 13.7. The summed E-state index contributed by atoms with van der Waals surface area (Å²) in [5.74, 6) is -1.07. The van der Waals surface area contributed by atoms with E-state index < -0.39 is 52.9 Å². The summed E-state index contributed by atoms with van der Waals surface area (Å²) in [7, 11) is -10.1. The molecule has 0 saturated heterocycles. The third-order valence-electron chi connectivity index (χ3n) is 7.58. The van der Waals surface area contributed by atoms with Gasteiger partial charge in [0.1, 0.15) is 21.2 Å². The van der Waals surface area contributed by atoms with Crippen LogP contribution in [0.3, 0.4) is 0 Å². The fourth-order valence-electron chi connectivity index (χ4n) is 5.06. The third kappa shape index (κ3) is 7.59. The number of benzene rings is 5. The first kappa shape index (κ1) is 35.2. The minimum Gasteiger partial charge on any atom is -0.399 e. The molecule has 5 aromatic rings. The molecule has 0 fully saturated rings. The van der Waals surface area contributed by atoms with E-state index in [2.05, 4.69) is 31.0 Å². The Kier molecular flexibility index (Phi) is 9.46. The molecule has 1 aliphatic rings. The topological polar surface area (TPSA) is 278 Å². The molecule has 0 spiro atoms. The molecule has 52 heavy (non-hydrogen) atoms. The van der Waals surface area contributed by atoms with Crippen LogP contribution >= 0.6 is 0 Å². The van der Waals surface area contributed by atoms with Crippen LogP contribution in [0.2, 0.25) is 0 Å². The van der Waals surface area contributed by atoms with Crippen molar-refractivity contribution in [3.8, 4) is 11.1 Å². The number of hydrogen-bond acceptors (Lipinski definition) is 14. The van der Waals surface area contributed by atoms with E-state index in [0.717, 1.165) is 23.3 Å². The number of azo groups is 2. The van der Waals surface area contributed by atoms with E-state index in [0.29, 0.717) is 28.4 Å². The van der Waals surface area contributed by atoms with Crippen LogP contribution in [0.5, 0.6) is 0 Å². The Balaban J connectivity index is 1.30. The SMILES string of the molecule is Nc1ccc(N=Nc2ccc(-c3ccc(N=Nc4c(S(=O)(=O)O)cc5c(c4N)C(=O)C(=NNc4ccccc4)C(S(=O)(=O)O)=C5)cc3)cc2)c(N)c1. The Morgan fingerprint density at radius 3 is 1.81 bits per heavy atom. The summed E-state index contributed by atoms with van der Waals surface area (Å²) < 4.78 is 69.3. The van der Waals surface area contributed by atoms with E-state index in [4.69, 9.17) is 17.2 Å². The summed E-state index contributed by atoms with van der Waals surface area (Å²) in [6.07, 6.45) is 0.813. The highest BCUT2D eigenvalue weighted by Crippen LogP contribution is 2.41. The highest BCUT2D eigenvalue weighted by molar-refractivity contribution is 7.91. The van der Waals surface area contributed by atoms with Crippen LogP contribution in [-0.4, -0.2) is 37.4 Å². The number of allylic oxidation sites excluding steroid dienone is 1. The molecule has 9 N–H and O–H groups in total. The first-order valence-electron chi connectivity index (χ1n) is 14.9. The van der Waals surface area contributed by atoms with Gasteiger partial charge in [0.25, 0.3) is 20.2 Å². The number of nitrogens with one attached hydrogen (secondary N) is 1. The number of Topliss-reactive ketones (excluding diaryl/α,β-unsaturated/α-hetero) is 1. The first-order chi connectivity index (χ1) is 24.7. The quantitative estimate of drug-likeness (QED) is 0.0385. The van der Waals surface area contributed by atoms with Gasteiger partial charge in [-0.1, -0.05) is 42.5 Å². The number of nitrogens with two attached hydrogens (primary N) is 3. The lowest BCUT2D eigenvalue weighted by Gasteiger charge is -2.20. The number of para-hydroxylation sites is 1. The molecule has 18 heteroatoms. The van der Waals surface area contributed by atoms with E-state index in [1.54, 1.807) is 84.9 Å². The normalized spacial score (nSPS) is 14.2. The highest BCUT2D eigenvalue weighted by Gasteiger charge is 2.37. The molecular formula is C34H27N9O7S2. The molecule has 6 rings (SSSR count). The van der Waals surface area contributed by atoms with E-state index >= 15 is 0 Å². The Labute approximate surface area is 296 Å². The second kappa shape index (κ2) is 14.0. The minimum atomic E-state index is -5.06. The highest BCUT2D eigenvalue weighted by atomic mass is 32.2. The van der Waals surface area contributed by atoms with Crippen molar-refractivity contribution in [1.29, 1.82) is 0 Å². The molecule has 0 unspecified atom stereocenters. The van der Waals surface area contributed by atoms with Gasteiger partial charge in [0.15, 0.2) is 5.71 Å². The molecule has 0 bridgehead atoms. The van der Waals surface area contributed by atoms with E-state index in [1.165, 1.54) is 0 Å². The number of ketones is 1. The number of carbonyl (C=O) groups excluding carboxylic acids is 1. The van der Waals surface area contributed by atoms with Crippen LogP contribution in [0.4, 0.5) is 45.5 Å². The molecule has 16 nitrogen and oxygen atoms in total. The smallest absolute Gasteiger partial charge is 0.296 e. The summed E-state index contributed by atoms with van der Waals surface area (Å²) in [5, 5.41) is 20.3. The molecule has 0 aromatic heterocycles. The molecule has 5 aromatic carbocycles. The van der Waals surface area contributed by atoms with Crippen molar-refractivity contribution >= 4 is 83.3 Å². The molecule has 0 radical (unpaired) electrons. The zero-order valence-electron chi connectivity index (χ0n) is 26.6. The molecule has 0 saturated carbocycles. The van der Waals surface area contributed by atoms with E-state index in [9.17, 15) is 30.7 Å². The van der Waals surface area contributed by atoms with Crippen molar-refractivity contribution in [2.75, 3.05) is 22.6 Å². The van der Waals surface area contributed by atoms with Crippen molar-refractivity contribution < 1.29 is 30.7 Å². The van der Waals surface area contributed by atoms with Crippen molar-refractivity contribution in [1.82, 2.24) is 0 Å². The van der Waals surface area contributed by atoms with Gasteiger partial charge in [0.05, 0.1) is 34.0 Å². The predicted octanol–water partition coefficient (Wildman–Crippen LogP) is 7.07. The zero-order valence-corrected chi connectivity index (χ0v) is 28.2. The Morgan fingerprint density at radius 1 is 0.654 bits per heavy atom. The average molecular weight is 738 g/mol. The zero-order chi connectivity index (χ0) is 37.2. The number of hydrazone groups is 1. The number of fused-ring (bicyclic) bond motifs is 1. The van der Waals surface area contributed by atoms with Crippen LogP contribution < -0.4 is 22.6 Å². The fraction of sp³-hybridized carbons (Fsp3) is 0. The Bertz CT molecular complexity index is 2570. The standard InChI is InChI=1S/C34H27N9O7S2/c35-22-10-15-27(26(36)18-22)41-38-24-11-6-19(7-12-24)20-8-13-25(14-9-20)40-42-32-28(51(45,46)47)16-21-17-29(52(48,49)50)33(34(44)30(21)31(32)37)43-39-23-4-2-1-3-5-23/h1-18,39H,35-37H2,(H,45,46,47)(H,48,49,50). The monoisotopic (exact) mass is 737 g/mol. The van der Waals surface area contributed by atoms with Gasteiger partial charge < -0.3 is 17.2 Å². The number of carbonyl (C=O) groups is 1. The number of nitrogen functional groups attached to an aromatic ring is 3. The summed E-state index contributed by atoms with van der Waals surface area (Å²) in [6.45, 7) is 0. The van der Waals surface area contributed by atoms with Crippen LogP contribution in [0.25, 0.3) is 17.2 Å². The maximum Gasteiger partial charge on any atom is 0.296 e. The molecule has 0 heterocycles. The van der Waals surface area contributed by atoms with Crippen LogP contribution in [0.1, 0.15) is 15.9 Å². The van der Waals surface area contributed by atoms with Crippen LogP contribution in [0, 0.1) is 0 Å². The predicted molar refractivity (Wildman–Crippen MR) is 198 cm³/mol. The molecule has 0 atom stereocenters. The summed E-state index contributed by atoms with van der Waals surface area (Å²) in [5.41, 5.74) is 22.1. The van der Waals surface area contributed by atoms with Gasteiger partial charge in [-0.15, -0.1) is 10.2 Å². The minimum absolute atomic E-state index is 0.253. The number of anilines is 4.